The van der Waals surface area contributed by atoms with Crippen LogP contribution >= 0.6 is 0 Å². The van der Waals surface area contributed by atoms with Crippen LogP contribution in [0.15, 0.2) is 37.2 Å². The zero-order valence-corrected chi connectivity index (χ0v) is 13.1. The van der Waals surface area contributed by atoms with Gasteiger partial charge in [0.2, 0.25) is 0 Å². The van der Waals surface area contributed by atoms with Crippen LogP contribution in [0.1, 0.15) is 34.6 Å². The lowest BCUT2D eigenvalue weighted by atomic mass is 10.1. The Labute approximate surface area is 133 Å². The first-order chi connectivity index (χ1) is 11.1. The Morgan fingerprint density at radius 2 is 2.17 bits per heavy atom. The summed E-state index contributed by atoms with van der Waals surface area (Å²) in [7, 11) is 1.88. The van der Waals surface area contributed by atoms with E-state index in [1.807, 2.05) is 20.9 Å². The number of hydrogen-bond acceptors (Lipinski definition) is 5. The Balaban J connectivity index is 1.78. The Morgan fingerprint density at radius 3 is 2.83 bits per heavy atom. The van der Waals surface area contributed by atoms with Gasteiger partial charge in [0, 0.05) is 30.1 Å². The van der Waals surface area contributed by atoms with Gasteiger partial charge < -0.3 is 5.32 Å². The van der Waals surface area contributed by atoms with Crippen molar-refractivity contribution in [3.8, 4) is 5.82 Å². The predicted molar refractivity (Wildman–Crippen MR) is 83.0 cm³/mol. The SMILES string of the molecule is Cc1c([C@@H](C)NC(=O)c2ccnc(-n3cncn3)c2)cnn1C. The van der Waals surface area contributed by atoms with Gasteiger partial charge in [0.05, 0.1) is 12.2 Å². The van der Waals surface area contributed by atoms with Crippen LogP contribution in [-0.4, -0.2) is 35.4 Å². The molecule has 1 N–H and O–H groups in total. The molecule has 3 rings (SSSR count). The zero-order valence-electron chi connectivity index (χ0n) is 13.1. The molecule has 23 heavy (non-hydrogen) atoms. The molecule has 0 saturated carbocycles. The largest absolute Gasteiger partial charge is 0.345 e. The third-order valence-corrected chi connectivity index (χ3v) is 3.75. The Morgan fingerprint density at radius 1 is 1.35 bits per heavy atom. The first kappa shape index (κ1) is 14.9. The van der Waals surface area contributed by atoms with Gasteiger partial charge in [-0.3, -0.25) is 9.48 Å². The molecule has 3 aromatic heterocycles. The molecule has 0 saturated heterocycles. The van der Waals surface area contributed by atoms with Crippen LogP contribution in [-0.2, 0) is 7.05 Å². The van der Waals surface area contributed by atoms with E-state index in [1.165, 1.54) is 17.3 Å². The second kappa shape index (κ2) is 5.99. The number of carbonyl (C=O) groups is 1. The van der Waals surface area contributed by atoms with Gasteiger partial charge in [0.15, 0.2) is 5.82 Å². The molecule has 0 bridgehead atoms. The number of pyridine rings is 1. The standard InChI is InChI=1S/C15H17N7O/c1-10(13-7-18-21(3)11(13)2)20-15(23)12-4-5-17-14(6-12)22-9-16-8-19-22/h4-10H,1-3H3,(H,20,23)/t10-/m1/s1. The summed E-state index contributed by atoms with van der Waals surface area (Å²) >= 11 is 0. The van der Waals surface area contributed by atoms with Crippen molar-refractivity contribution in [2.75, 3.05) is 0 Å². The molecule has 0 radical (unpaired) electrons. The predicted octanol–water partition coefficient (Wildman–Crippen LogP) is 1.20. The first-order valence-electron chi connectivity index (χ1n) is 7.16. The van der Waals surface area contributed by atoms with Gasteiger partial charge in [-0.25, -0.2) is 14.6 Å². The minimum atomic E-state index is -0.176. The van der Waals surface area contributed by atoms with Crippen molar-refractivity contribution >= 4 is 5.91 Å². The Hall–Kier alpha value is -3.03. The summed E-state index contributed by atoms with van der Waals surface area (Å²) in [5.41, 5.74) is 2.53. The highest BCUT2D eigenvalue weighted by Gasteiger charge is 2.16. The number of nitrogens with one attached hydrogen (secondary N) is 1. The zero-order chi connectivity index (χ0) is 16.4. The van der Waals surface area contributed by atoms with Crippen molar-refractivity contribution in [3.05, 3.63) is 54.0 Å². The highest BCUT2D eigenvalue weighted by atomic mass is 16.1. The lowest BCUT2D eigenvalue weighted by molar-refractivity contribution is 0.0939. The normalized spacial score (nSPS) is 12.1. The van der Waals surface area contributed by atoms with Gasteiger partial charge in [-0.2, -0.15) is 10.2 Å². The van der Waals surface area contributed by atoms with Crippen molar-refractivity contribution < 1.29 is 4.79 Å². The van der Waals surface area contributed by atoms with E-state index in [4.69, 9.17) is 0 Å². The number of amides is 1. The Bertz CT molecular complexity index is 822. The third-order valence-electron chi connectivity index (χ3n) is 3.75. The smallest absolute Gasteiger partial charge is 0.251 e. The molecule has 3 aromatic rings. The fourth-order valence-electron chi connectivity index (χ4n) is 2.31. The number of aromatic nitrogens is 6. The monoisotopic (exact) mass is 311 g/mol. The third kappa shape index (κ3) is 2.96. The van der Waals surface area contributed by atoms with E-state index < -0.39 is 0 Å². The van der Waals surface area contributed by atoms with Gasteiger partial charge in [0.1, 0.15) is 12.7 Å². The molecule has 0 spiro atoms. The van der Waals surface area contributed by atoms with Crippen LogP contribution in [0.4, 0.5) is 0 Å². The lowest BCUT2D eigenvalue weighted by Crippen LogP contribution is -2.27. The number of nitrogens with zero attached hydrogens (tertiary/aromatic N) is 6. The number of hydrogen-bond donors (Lipinski definition) is 1. The van der Waals surface area contributed by atoms with Gasteiger partial charge in [-0.1, -0.05) is 0 Å². The first-order valence-corrected chi connectivity index (χ1v) is 7.16. The van der Waals surface area contributed by atoms with Crippen LogP contribution in [0.2, 0.25) is 0 Å². The van der Waals surface area contributed by atoms with E-state index in [2.05, 4.69) is 25.5 Å². The van der Waals surface area contributed by atoms with Crippen molar-refractivity contribution in [1.29, 1.82) is 0 Å². The van der Waals surface area contributed by atoms with Crippen molar-refractivity contribution in [3.63, 3.8) is 0 Å². The molecule has 118 valence electrons. The van der Waals surface area contributed by atoms with E-state index in [0.717, 1.165) is 11.3 Å². The molecule has 3 heterocycles. The number of rotatable bonds is 4. The average molecular weight is 311 g/mol. The van der Waals surface area contributed by atoms with Gasteiger partial charge in [-0.15, -0.1) is 0 Å². The van der Waals surface area contributed by atoms with Crippen LogP contribution in [0.3, 0.4) is 0 Å². The van der Waals surface area contributed by atoms with Crippen LogP contribution in [0.5, 0.6) is 0 Å². The highest BCUT2D eigenvalue weighted by Crippen LogP contribution is 2.17. The maximum Gasteiger partial charge on any atom is 0.251 e. The summed E-state index contributed by atoms with van der Waals surface area (Å²) in [6.07, 6.45) is 6.30. The van der Waals surface area contributed by atoms with Crippen molar-refractivity contribution in [2.24, 2.45) is 7.05 Å². The molecule has 8 heteroatoms. The summed E-state index contributed by atoms with van der Waals surface area (Å²) in [4.78, 5) is 20.5. The van der Waals surface area contributed by atoms with Gasteiger partial charge in [-0.05, 0) is 26.0 Å². The molecule has 1 amide bonds. The van der Waals surface area contributed by atoms with E-state index in [-0.39, 0.29) is 11.9 Å². The topological polar surface area (TPSA) is 90.5 Å². The molecule has 1 atom stereocenters. The summed E-state index contributed by atoms with van der Waals surface area (Å²) in [6, 6.07) is 3.20. The maximum atomic E-state index is 12.5. The molecule has 0 aromatic carbocycles. The molecule has 0 fully saturated rings. The molecule has 0 aliphatic rings. The molecule has 8 nitrogen and oxygen atoms in total. The fourth-order valence-corrected chi connectivity index (χ4v) is 2.31. The lowest BCUT2D eigenvalue weighted by Gasteiger charge is -2.14. The molecular formula is C15H17N7O. The van der Waals surface area contributed by atoms with E-state index in [9.17, 15) is 4.79 Å². The van der Waals surface area contributed by atoms with Gasteiger partial charge >= 0.3 is 0 Å². The van der Waals surface area contributed by atoms with Crippen LogP contribution in [0, 0.1) is 6.92 Å². The summed E-state index contributed by atoms with van der Waals surface area (Å²) in [5.74, 6) is 0.366. The Kier molecular flexibility index (Phi) is 3.88. The van der Waals surface area contributed by atoms with Crippen LogP contribution in [0.25, 0.3) is 5.82 Å². The summed E-state index contributed by atoms with van der Waals surface area (Å²) < 4.78 is 3.29. The quantitative estimate of drug-likeness (QED) is 0.781. The minimum Gasteiger partial charge on any atom is -0.345 e. The second-order valence-corrected chi connectivity index (χ2v) is 5.25. The molecule has 0 aliphatic carbocycles. The molecule has 0 unspecified atom stereocenters. The average Bonchev–Trinajstić information content (AvgIpc) is 3.19. The second-order valence-electron chi connectivity index (χ2n) is 5.25. The van der Waals surface area contributed by atoms with Gasteiger partial charge in [0.25, 0.3) is 5.91 Å². The fraction of sp³-hybridized carbons (Fsp3) is 0.267. The summed E-state index contributed by atoms with van der Waals surface area (Å²) in [5, 5.41) is 11.2. The number of aryl methyl sites for hydroxylation is 1. The molecular weight excluding hydrogens is 294 g/mol. The van der Waals surface area contributed by atoms with Crippen molar-refractivity contribution in [1.82, 2.24) is 34.8 Å². The molecule has 0 aliphatic heterocycles. The van der Waals surface area contributed by atoms with E-state index >= 15 is 0 Å². The van der Waals surface area contributed by atoms with E-state index in [0.29, 0.717) is 11.4 Å². The van der Waals surface area contributed by atoms with Crippen molar-refractivity contribution in [2.45, 2.75) is 19.9 Å². The summed E-state index contributed by atoms with van der Waals surface area (Å²) in [6.45, 7) is 3.90. The van der Waals surface area contributed by atoms with E-state index in [1.54, 1.807) is 29.2 Å². The minimum absolute atomic E-state index is 0.140. The number of carbonyl (C=O) groups excluding carboxylic acids is 1. The van der Waals surface area contributed by atoms with Crippen LogP contribution < -0.4 is 5.32 Å². The highest BCUT2D eigenvalue weighted by molar-refractivity contribution is 5.94. The maximum absolute atomic E-state index is 12.5.